The highest BCUT2D eigenvalue weighted by Crippen LogP contribution is 1.92. The molecule has 0 bridgehead atoms. The zero-order valence-corrected chi connectivity index (χ0v) is 4.87. The molecule has 30 valence electrons. The minimum absolute atomic E-state index is 1.19. The third-order valence-corrected chi connectivity index (χ3v) is 0.907. The predicted octanol–water partition coefficient (Wildman–Crippen LogP) is 1.03. The number of thiol groups is 1. The summed E-state index contributed by atoms with van der Waals surface area (Å²) in [5.74, 6) is 0. The summed E-state index contributed by atoms with van der Waals surface area (Å²) in [6, 6.07) is 0. The van der Waals surface area contributed by atoms with E-state index in [1.807, 2.05) is 0 Å². The van der Waals surface area contributed by atoms with Gasteiger partial charge in [0.05, 0.1) is 5.49 Å². The van der Waals surface area contributed by atoms with Crippen LogP contribution in [0.2, 0.25) is 0 Å². The van der Waals surface area contributed by atoms with E-state index in [9.17, 15) is 0 Å². The SMILES string of the molecule is S=CNSS. The summed E-state index contributed by atoms with van der Waals surface area (Å²) in [6.07, 6.45) is 0. The van der Waals surface area contributed by atoms with Crippen LogP contribution < -0.4 is 4.72 Å². The van der Waals surface area contributed by atoms with Crippen molar-refractivity contribution in [2.75, 3.05) is 0 Å². The Bertz CT molecular complexity index is 28.1. The fourth-order valence-electron chi connectivity index (χ4n) is 0.0215. The maximum absolute atomic E-state index is 4.35. The van der Waals surface area contributed by atoms with E-state index in [-0.39, 0.29) is 0 Å². The van der Waals surface area contributed by atoms with E-state index in [1.54, 1.807) is 0 Å². The van der Waals surface area contributed by atoms with E-state index in [2.05, 4.69) is 28.6 Å². The van der Waals surface area contributed by atoms with E-state index < -0.39 is 0 Å². The van der Waals surface area contributed by atoms with E-state index in [0.717, 1.165) is 0 Å². The van der Waals surface area contributed by atoms with Crippen LogP contribution in [0, 0.1) is 0 Å². The van der Waals surface area contributed by atoms with Gasteiger partial charge in [0.1, 0.15) is 0 Å². The number of nitrogens with one attached hydrogen (secondary N) is 1. The minimum Gasteiger partial charge on any atom is -0.318 e. The van der Waals surface area contributed by atoms with Crippen LogP contribution >= 0.6 is 34.9 Å². The molecule has 0 atom stereocenters. The lowest BCUT2D eigenvalue weighted by Gasteiger charge is -1.78. The van der Waals surface area contributed by atoms with Crippen molar-refractivity contribution in [2.24, 2.45) is 0 Å². The summed E-state index contributed by atoms with van der Waals surface area (Å²) in [5, 5.41) is 0. The average molecular weight is 125 g/mol. The van der Waals surface area contributed by atoms with Gasteiger partial charge in [-0.1, -0.05) is 23.9 Å². The van der Waals surface area contributed by atoms with Gasteiger partial charge in [0, 0.05) is 11.0 Å². The molecule has 5 heavy (non-hydrogen) atoms. The number of hydrogen-bond acceptors (Lipinski definition) is 3. The average Bonchev–Trinajstić information content (AvgIpc) is 1.41. The van der Waals surface area contributed by atoms with Gasteiger partial charge in [-0.15, -0.1) is 0 Å². The maximum atomic E-state index is 4.35. The van der Waals surface area contributed by atoms with Gasteiger partial charge in [0.25, 0.3) is 0 Å². The van der Waals surface area contributed by atoms with Crippen LogP contribution in [0.4, 0.5) is 0 Å². The fourth-order valence-corrected chi connectivity index (χ4v) is 0.581. The molecule has 0 radical (unpaired) electrons. The Labute approximate surface area is 45.5 Å². The Morgan fingerprint density at radius 1 is 2.00 bits per heavy atom. The molecule has 0 saturated heterocycles. The van der Waals surface area contributed by atoms with Crippen molar-refractivity contribution in [3.05, 3.63) is 0 Å². The number of thiocarbonyl (C=S) groups is 1. The maximum Gasteiger partial charge on any atom is 0.0720 e. The lowest BCUT2D eigenvalue weighted by Crippen LogP contribution is -1.89. The standard InChI is InChI=1S/CH3NS3/c3-1-2-5-4/h1,4H,(H,2,3). The Kier molecular flexibility index (Phi) is 5.13. The van der Waals surface area contributed by atoms with Crippen LogP contribution in [0.3, 0.4) is 0 Å². The topological polar surface area (TPSA) is 12.0 Å². The molecule has 0 amide bonds. The second-order valence-electron chi connectivity index (χ2n) is 0.327. The van der Waals surface area contributed by atoms with Gasteiger partial charge < -0.3 is 4.72 Å². The lowest BCUT2D eigenvalue weighted by atomic mass is 11.6. The van der Waals surface area contributed by atoms with Crippen LogP contribution in [-0.2, 0) is 0 Å². The molecular weight excluding hydrogens is 122 g/mol. The summed E-state index contributed by atoms with van der Waals surface area (Å²) in [7, 11) is 1.19. The van der Waals surface area contributed by atoms with Crippen molar-refractivity contribution in [3.8, 4) is 0 Å². The summed E-state index contributed by atoms with van der Waals surface area (Å²) in [5.41, 5.74) is 1.40. The molecule has 0 aromatic rings. The highest BCUT2D eigenvalue weighted by atomic mass is 33.1. The van der Waals surface area contributed by atoms with E-state index in [0.29, 0.717) is 0 Å². The largest absolute Gasteiger partial charge is 0.318 e. The smallest absolute Gasteiger partial charge is 0.0720 e. The molecule has 0 rings (SSSR count). The zero-order chi connectivity index (χ0) is 4.12. The lowest BCUT2D eigenvalue weighted by molar-refractivity contribution is 1.69. The molecule has 0 aliphatic carbocycles. The summed E-state index contributed by atoms with van der Waals surface area (Å²) >= 11 is 8.05. The summed E-state index contributed by atoms with van der Waals surface area (Å²) in [6.45, 7) is 0. The van der Waals surface area contributed by atoms with Crippen LogP contribution in [0.1, 0.15) is 0 Å². The third-order valence-electron chi connectivity index (χ3n) is 0.101. The molecule has 4 heteroatoms. The summed E-state index contributed by atoms with van der Waals surface area (Å²) < 4.78 is 2.58. The Balaban J connectivity index is 2.40. The third kappa shape index (κ3) is 4.59. The van der Waals surface area contributed by atoms with Crippen molar-refractivity contribution in [1.29, 1.82) is 0 Å². The Hall–Kier alpha value is 0.590. The highest BCUT2D eigenvalue weighted by molar-refractivity contribution is 8.68. The van der Waals surface area contributed by atoms with Gasteiger partial charge in [0.2, 0.25) is 0 Å². The Morgan fingerprint density at radius 2 is 2.60 bits per heavy atom. The first kappa shape index (κ1) is 5.59. The molecule has 0 saturated carbocycles. The quantitative estimate of drug-likeness (QED) is 0.247. The fraction of sp³-hybridized carbons (Fsp3) is 0. The predicted molar refractivity (Wildman–Crippen MR) is 33.4 cm³/mol. The minimum atomic E-state index is 1.19. The molecule has 0 unspecified atom stereocenters. The molecule has 0 aliphatic heterocycles. The highest BCUT2D eigenvalue weighted by Gasteiger charge is 1.57. The van der Waals surface area contributed by atoms with Crippen molar-refractivity contribution < 1.29 is 0 Å². The van der Waals surface area contributed by atoms with Gasteiger partial charge in [-0.2, -0.15) is 0 Å². The van der Waals surface area contributed by atoms with Crippen molar-refractivity contribution in [1.82, 2.24) is 4.72 Å². The van der Waals surface area contributed by atoms with Gasteiger partial charge in [0.15, 0.2) is 0 Å². The second-order valence-corrected chi connectivity index (χ2v) is 1.53. The van der Waals surface area contributed by atoms with Gasteiger partial charge in [-0.3, -0.25) is 0 Å². The molecule has 0 heterocycles. The van der Waals surface area contributed by atoms with Crippen LogP contribution in [-0.4, -0.2) is 5.49 Å². The van der Waals surface area contributed by atoms with E-state index in [1.165, 1.54) is 16.5 Å². The van der Waals surface area contributed by atoms with Crippen molar-refractivity contribution in [3.63, 3.8) is 0 Å². The molecule has 0 aromatic carbocycles. The second kappa shape index (κ2) is 4.59. The van der Waals surface area contributed by atoms with Crippen LogP contribution in [0.25, 0.3) is 0 Å². The van der Waals surface area contributed by atoms with Crippen molar-refractivity contribution >= 4 is 40.4 Å². The van der Waals surface area contributed by atoms with Gasteiger partial charge >= 0.3 is 0 Å². The first-order valence-corrected chi connectivity index (χ1v) is 3.25. The molecule has 0 spiro atoms. The normalized spacial score (nSPS) is 6.60. The Morgan fingerprint density at radius 3 is 2.60 bits per heavy atom. The van der Waals surface area contributed by atoms with Crippen molar-refractivity contribution in [2.45, 2.75) is 0 Å². The molecule has 0 aliphatic rings. The van der Waals surface area contributed by atoms with Gasteiger partial charge in [-0.05, 0) is 0 Å². The summed E-state index contributed by atoms with van der Waals surface area (Å²) in [4.78, 5) is 0. The van der Waals surface area contributed by atoms with Crippen LogP contribution in [0.5, 0.6) is 0 Å². The molecule has 1 N–H and O–H groups in total. The van der Waals surface area contributed by atoms with Crippen LogP contribution in [0.15, 0.2) is 0 Å². The first-order chi connectivity index (χ1) is 2.41. The number of rotatable bonds is 2. The molecule has 1 nitrogen and oxygen atoms in total. The zero-order valence-electron chi connectivity index (χ0n) is 2.34. The number of hydrogen-bond donors (Lipinski definition) is 2. The van der Waals surface area contributed by atoms with Gasteiger partial charge in [-0.25, -0.2) is 0 Å². The van der Waals surface area contributed by atoms with E-state index in [4.69, 9.17) is 0 Å². The molecular formula is CH3NS3. The molecule has 0 fully saturated rings. The molecule has 0 aromatic heterocycles. The first-order valence-electron chi connectivity index (χ1n) is 0.911. The monoisotopic (exact) mass is 125 g/mol. The van der Waals surface area contributed by atoms with E-state index >= 15 is 0 Å².